The molecule has 1 heteroatoms. The Morgan fingerprint density at radius 1 is 1.07 bits per heavy atom. The van der Waals surface area contributed by atoms with Crippen molar-refractivity contribution in [3.8, 4) is 0 Å². The zero-order valence-electron chi connectivity index (χ0n) is 9.74. The number of para-hydroxylation sites is 1. The number of anilines is 1. The van der Waals surface area contributed by atoms with E-state index in [2.05, 4.69) is 26.0 Å². The molecule has 1 aliphatic carbocycles. The average Bonchev–Trinajstić information content (AvgIpc) is 2.23. The van der Waals surface area contributed by atoms with Gasteiger partial charge in [0.05, 0.1) is 0 Å². The zero-order valence-corrected chi connectivity index (χ0v) is 9.74. The highest BCUT2D eigenvalue weighted by molar-refractivity contribution is 5.48. The van der Waals surface area contributed by atoms with E-state index in [4.69, 9.17) is 5.73 Å². The van der Waals surface area contributed by atoms with E-state index in [1.54, 1.807) is 0 Å². The summed E-state index contributed by atoms with van der Waals surface area (Å²) in [5.41, 5.74) is 8.38. The van der Waals surface area contributed by atoms with Gasteiger partial charge in [-0.3, -0.25) is 0 Å². The molecule has 15 heavy (non-hydrogen) atoms. The van der Waals surface area contributed by atoms with Gasteiger partial charge in [-0.05, 0) is 48.6 Å². The van der Waals surface area contributed by atoms with Crippen LogP contribution < -0.4 is 5.73 Å². The van der Waals surface area contributed by atoms with Crippen molar-refractivity contribution in [2.75, 3.05) is 5.73 Å². The van der Waals surface area contributed by atoms with Gasteiger partial charge < -0.3 is 5.73 Å². The van der Waals surface area contributed by atoms with Crippen LogP contribution in [-0.4, -0.2) is 0 Å². The molecule has 0 aliphatic heterocycles. The summed E-state index contributed by atoms with van der Waals surface area (Å²) in [7, 11) is 0. The molecule has 0 bridgehead atoms. The smallest absolute Gasteiger partial charge is 0.0349 e. The lowest BCUT2D eigenvalue weighted by molar-refractivity contribution is 0.251. The number of nitrogens with two attached hydrogens (primary N) is 1. The first-order valence-corrected chi connectivity index (χ1v) is 6.03. The Morgan fingerprint density at radius 3 is 2.47 bits per heavy atom. The van der Waals surface area contributed by atoms with Gasteiger partial charge in [0.25, 0.3) is 0 Å². The second-order valence-corrected chi connectivity index (χ2v) is 5.09. The van der Waals surface area contributed by atoms with Crippen molar-refractivity contribution in [1.29, 1.82) is 0 Å². The Kier molecular flexibility index (Phi) is 2.99. The molecule has 0 aromatic heterocycles. The highest BCUT2D eigenvalue weighted by atomic mass is 14.6. The monoisotopic (exact) mass is 203 g/mol. The van der Waals surface area contributed by atoms with Gasteiger partial charge in [-0.2, -0.15) is 0 Å². The lowest BCUT2D eigenvalue weighted by Crippen LogP contribution is -2.20. The number of benzene rings is 1. The first-order valence-electron chi connectivity index (χ1n) is 6.03. The van der Waals surface area contributed by atoms with Crippen molar-refractivity contribution < 1.29 is 0 Å². The van der Waals surface area contributed by atoms with E-state index in [-0.39, 0.29) is 0 Å². The van der Waals surface area contributed by atoms with Crippen molar-refractivity contribution >= 4 is 5.69 Å². The molecule has 2 rings (SSSR count). The topological polar surface area (TPSA) is 26.0 Å². The van der Waals surface area contributed by atoms with Crippen LogP contribution in [0, 0.1) is 11.8 Å². The summed E-state index contributed by atoms with van der Waals surface area (Å²) < 4.78 is 0. The molecule has 1 aliphatic rings. The predicted molar refractivity (Wildman–Crippen MR) is 65.8 cm³/mol. The molecule has 0 spiro atoms. The summed E-state index contributed by atoms with van der Waals surface area (Å²) in [6.45, 7) is 4.74. The largest absolute Gasteiger partial charge is 0.398 e. The molecule has 1 nitrogen and oxygen atoms in total. The molecular weight excluding hydrogens is 182 g/mol. The molecule has 1 aromatic carbocycles. The normalized spacial score (nSPS) is 31.5. The molecule has 1 fully saturated rings. The molecule has 82 valence electrons. The second kappa shape index (κ2) is 4.26. The van der Waals surface area contributed by atoms with Crippen LogP contribution in [0.2, 0.25) is 0 Å². The quantitative estimate of drug-likeness (QED) is 0.690. The molecule has 1 aromatic rings. The summed E-state index contributed by atoms with van der Waals surface area (Å²) in [5, 5.41) is 0. The Bertz CT molecular complexity index is 332. The maximum absolute atomic E-state index is 6.03. The molecule has 2 N–H and O–H groups in total. The lowest BCUT2D eigenvalue weighted by Gasteiger charge is -2.32. The fraction of sp³-hybridized carbons (Fsp3) is 0.571. The zero-order chi connectivity index (χ0) is 10.8. The van der Waals surface area contributed by atoms with Crippen molar-refractivity contribution in [3.63, 3.8) is 0 Å². The Labute approximate surface area is 92.7 Å². The van der Waals surface area contributed by atoms with Gasteiger partial charge in [-0.25, -0.2) is 0 Å². The fourth-order valence-corrected chi connectivity index (χ4v) is 2.71. The number of nitrogen functional groups attached to an aromatic ring is 1. The minimum absolute atomic E-state index is 0.692. The van der Waals surface area contributed by atoms with E-state index in [1.807, 2.05) is 12.1 Å². The van der Waals surface area contributed by atoms with Gasteiger partial charge in [0, 0.05) is 5.69 Å². The summed E-state index contributed by atoms with van der Waals surface area (Å²) in [6.07, 6.45) is 3.95. The van der Waals surface area contributed by atoms with Crippen LogP contribution in [0.4, 0.5) is 5.69 Å². The van der Waals surface area contributed by atoms with Crippen LogP contribution in [0.1, 0.15) is 44.6 Å². The third-order valence-electron chi connectivity index (χ3n) is 4.03. The third kappa shape index (κ3) is 2.17. The van der Waals surface area contributed by atoms with Crippen LogP contribution in [0.15, 0.2) is 24.3 Å². The van der Waals surface area contributed by atoms with E-state index in [0.29, 0.717) is 5.92 Å². The minimum Gasteiger partial charge on any atom is -0.398 e. The van der Waals surface area contributed by atoms with Crippen molar-refractivity contribution in [3.05, 3.63) is 29.8 Å². The first-order chi connectivity index (χ1) is 7.18. The lowest BCUT2D eigenvalue weighted by atomic mass is 9.73. The van der Waals surface area contributed by atoms with Crippen LogP contribution in [0.5, 0.6) is 0 Å². The molecule has 1 saturated carbocycles. The van der Waals surface area contributed by atoms with Gasteiger partial charge in [0.2, 0.25) is 0 Å². The molecule has 0 heterocycles. The van der Waals surface area contributed by atoms with Gasteiger partial charge >= 0.3 is 0 Å². The molecule has 0 amide bonds. The Hall–Kier alpha value is -0.980. The van der Waals surface area contributed by atoms with Gasteiger partial charge in [-0.1, -0.05) is 32.0 Å². The maximum atomic E-state index is 6.03. The third-order valence-corrected chi connectivity index (χ3v) is 4.03. The highest BCUT2D eigenvalue weighted by Gasteiger charge is 2.26. The Morgan fingerprint density at radius 2 is 1.80 bits per heavy atom. The average molecular weight is 203 g/mol. The van der Waals surface area contributed by atoms with E-state index in [0.717, 1.165) is 17.5 Å². The van der Waals surface area contributed by atoms with Crippen LogP contribution in [0.25, 0.3) is 0 Å². The predicted octanol–water partition coefficient (Wildman–Crippen LogP) is 3.81. The molecule has 3 atom stereocenters. The molecule has 3 unspecified atom stereocenters. The van der Waals surface area contributed by atoms with Crippen LogP contribution >= 0.6 is 0 Å². The van der Waals surface area contributed by atoms with Gasteiger partial charge in [0.15, 0.2) is 0 Å². The number of hydrogen-bond donors (Lipinski definition) is 1. The first kappa shape index (κ1) is 10.5. The van der Waals surface area contributed by atoms with Gasteiger partial charge in [0.1, 0.15) is 0 Å². The molecule has 0 saturated heterocycles. The standard InChI is InChI=1S/C14H21N/c1-10-7-8-12(9-11(10)2)13-5-3-4-6-14(13)15/h3-6,10-12H,7-9,15H2,1-2H3. The summed E-state index contributed by atoms with van der Waals surface area (Å²) in [6, 6.07) is 8.35. The van der Waals surface area contributed by atoms with Crippen LogP contribution in [0.3, 0.4) is 0 Å². The highest BCUT2D eigenvalue weighted by Crippen LogP contribution is 2.40. The minimum atomic E-state index is 0.692. The van der Waals surface area contributed by atoms with E-state index in [1.165, 1.54) is 24.8 Å². The van der Waals surface area contributed by atoms with Crippen molar-refractivity contribution in [2.24, 2.45) is 11.8 Å². The van der Waals surface area contributed by atoms with Gasteiger partial charge in [-0.15, -0.1) is 0 Å². The summed E-state index contributed by atoms with van der Waals surface area (Å²) in [4.78, 5) is 0. The number of hydrogen-bond acceptors (Lipinski definition) is 1. The summed E-state index contributed by atoms with van der Waals surface area (Å²) >= 11 is 0. The van der Waals surface area contributed by atoms with Crippen molar-refractivity contribution in [1.82, 2.24) is 0 Å². The van der Waals surface area contributed by atoms with Crippen LogP contribution in [-0.2, 0) is 0 Å². The number of rotatable bonds is 1. The maximum Gasteiger partial charge on any atom is 0.0349 e. The Balaban J connectivity index is 2.15. The molecular formula is C14H21N. The van der Waals surface area contributed by atoms with E-state index < -0.39 is 0 Å². The van der Waals surface area contributed by atoms with E-state index >= 15 is 0 Å². The van der Waals surface area contributed by atoms with Crippen molar-refractivity contribution in [2.45, 2.75) is 39.0 Å². The fourth-order valence-electron chi connectivity index (χ4n) is 2.71. The second-order valence-electron chi connectivity index (χ2n) is 5.09. The SMILES string of the molecule is CC1CCC(c2ccccc2N)CC1C. The molecule has 0 radical (unpaired) electrons. The summed E-state index contributed by atoms with van der Waals surface area (Å²) in [5.74, 6) is 2.41. The van der Waals surface area contributed by atoms with E-state index in [9.17, 15) is 0 Å².